The number of hydrogen-bond donors (Lipinski definition) is 4. The maximum Gasteiger partial charge on any atom is 0.247 e. The second kappa shape index (κ2) is 24.6. The quantitative estimate of drug-likeness (QED) is 0.0547. The van der Waals surface area contributed by atoms with Crippen molar-refractivity contribution >= 4 is 37.0 Å². The number of amides is 4. The van der Waals surface area contributed by atoms with Crippen molar-refractivity contribution in [2.45, 2.75) is 109 Å². The van der Waals surface area contributed by atoms with Crippen LogP contribution in [0.15, 0.2) is 35.3 Å². The third kappa shape index (κ3) is 14.8. The van der Waals surface area contributed by atoms with Gasteiger partial charge in [-0.2, -0.15) is 0 Å². The van der Waals surface area contributed by atoms with E-state index in [4.69, 9.17) is 20.2 Å². The number of rotatable bonds is 23. The third-order valence-electron chi connectivity index (χ3n) is 11.3. The second-order valence-electron chi connectivity index (χ2n) is 16.6. The third-order valence-corrected chi connectivity index (χ3v) is 13.4. The van der Waals surface area contributed by atoms with Gasteiger partial charge in [-0.05, 0) is 43.2 Å². The summed E-state index contributed by atoms with van der Waals surface area (Å²) in [6.45, 7) is 10.8. The number of nitrogens with zero attached hydrogens (tertiary/aromatic N) is 5. The van der Waals surface area contributed by atoms with Crippen LogP contribution >= 0.6 is 7.37 Å². The zero-order valence-corrected chi connectivity index (χ0v) is 38.6. The molecule has 1 aromatic rings. The molecule has 1 aliphatic rings. The highest BCUT2D eigenvalue weighted by Crippen LogP contribution is 2.46. The molecule has 1 heterocycles. The van der Waals surface area contributed by atoms with E-state index in [9.17, 15) is 28.6 Å². The van der Waals surface area contributed by atoms with Gasteiger partial charge in [-0.15, -0.1) is 0 Å². The van der Waals surface area contributed by atoms with Gasteiger partial charge in [0.25, 0.3) is 0 Å². The molecular formula is C42H75N8O8P. The normalized spacial score (nSPS) is 18.7. The Labute approximate surface area is 353 Å². The minimum atomic E-state index is -4.28. The Balaban J connectivity index is 2.36. The molecule has 1 aromatic carbocycles. The molecule has 1 saturated heterocycles. The van der Waals surface area contributed by atoms with E-state index in [0.717, 1.165) is 6.42 Å². The van der Waals surface area contributed by atoms with E-state index < -0.39 is 67.4 Å². The fourth-order valence-corrected chi connectivity index (χ4v) is 9.46. The van der Waals surface area contributed by atoms with Crippen LogP contribution in [0.4, 0.5) is 0 Å². The smallest absolute Gasteiger partial charge is 0.247 e. The Morgan fingerprint density at radius 1 is 1.02 bits per heavy atom. The number of nitrogens with two attached hydrogens (primary N) is 1. The van der Waals surface area contributed by atoms with Gasteiger partial charge in [-0.25, -0.2) is 4.99 Å². The molecular weight excluding hydrogens is 775 g/mol. The summed E-state index contributed by atoms with van der Waals surface area (Å²) < 4.78 is 25.8. The molecule has 4 amide bonds. The van der Waals surface area contributed by atoms with Crippen molar-refractivity contribution in [2.24, 2.45) is 28.5 Å². The molecule has 1 fully saturated rings. The van der Waals surface area contributed by atoms with Gasteiger partial charge in [0.15, 0.2) is 5.96 Å². The lowest BCUT2D eigenvalue weighted by Gasteiger charge is -2.40. The number of methoxy groups -OCH3 is 2. The van der Waals surface area contributed by atoms with E-state index in [0.29, 0.717) is 43.9 Å². The Morgan fingerprint density at radius 3 is 2.17 bits per heavy atom. The maximum absolute atomic E-state index is 14.3. The lowest BCUT2D eigenvalue weighted by Crippen LogP contribution is -2.55. The first-order valence-electron chi connectivity index (χ1n) is 20.9. The van der Waals surface area contributed by atoms with Crippen molar-refractivity contribution in [1.29, 1.82) is 0 Å². The van der Waals surface area contributed by atoms with Crippen LogP contribution in [0.2, 0.25) is 0 Å². The van der Waals surface area contributed by atoms with Crippen molar-refractivity contribution in [3.8, 4) is 0 Å². The van der Waals surface area contributed by atoms with Crippen molar-refractivity contribution in [3.63, 3.8) is 0 Å². The van der Waals surface area contributed by atoms with Crippen LogP contribution in [-0.4, -0.2) is 165 Å². The predicted molar refractivity (Wildman–Crippen MR) is 233 cm³/mol. The van der Waals surface area contributed by atoms with Gasteiger partial charge in [-0.1, -0.05) is 71.4 Å². The summed E-state index contributed by atoms with van der Waals surface area (Å²) in [7, 11) is 8.07. The molecule has 0 radical (unpaired) electrons. The fraction of sp³-hybridized carbons (Fsp3) is 0.738. The second-order valence-corrected chi connectivity index (χ2v) is 19.1. The van der Waals surface area contributed by atoms with E-state index in [1.165, 1.54) is 7.11 Å². The van der Waals surface area contributed by atoms with Crippen LogP contribution in [0.25, 0.3) is 0 Å². The molecule has 9 atom stereocenters. The highest BCUT2D eigenvalue weighted by molar-refractivity contribution is 7.59. The number of aliphatic imine (C=N–C) groups is 1. The standard InChI is InChI=1S/C42H75N8O8P/c1-13-29(4)38(49(10)41(54)37(28(2)3)46-42(47(6)7)48(8)9)33(57-11)26-36(52)50-24-17-21-32(50)39(58-12)30(5)40(53)45-35(25-31-19-15-14-16-20-31)59(55,56)27-34(51)44-23-18-22-43/h14-16,19-20,28-30,32-33,35,37-39H,13,17-18,21-27,43H2,1-12H3,(H,44,51)(H,45,53)(H,55,56). The molecule has 0 spiro atoms. The van der Waals surface area contributed by atoms with Gasteiger partial charge in [0.2, 0.25) is 31.0 Å². The number of benzene rings is 1. The maximum atomic E-state index is 14.3. The minimum Gasteiger partial charge on any atom is -0.379 e. The van der Waals surface area contributed by atoms with Gasteiger partial charge in [0, 0.05) is 69.0 Å². The number of carbonyl (C=O) groups excluding carboxylic acids is 4. The Kier molecular flexibility index (Phi) is 21.5. The zero-order valence-electron chi connectivity index (χ0n) is 37.7. The van der Waals surface area contributed by atoms with Crippen LogP contribution < -0.4 is 16.4 Å². The first kappa shape index (κ1) is 51.6. The summed E-state index contributed by atoms with van der Waals surface area (Å²) in [6, 6.07) is 7.42. The summed E-state index contributed by atoms with van der Waals surface area (Å²) in [6.07, 6.45) is 0.486. The fourth-order valence-electron chi connectivity index (χ4n) is 7.89. The van der Waals surface area contributed by atoms with Crippen molar-refractivity contribution < 1.29 is 38.1 Å². The van der Waals surface area contributed by atoms with Gasteiger partial charge < -0.3 is 50.3 Å². The van der Waals surface area contributed by atoms with Crippen molar-refractivity contribution in [3.05, 3.63) is 35.9 Å². The lowest BCUT2D eigenvalue weighted by atomic mass is 9.89. The minimum absolute atomic E-state index is 0.00686. The van der Waals surface area contributed by atoms with Crippen molar-refractivity contribution in [1.82, 2.24) is 30.2 Å². The largest absolute Gasteiger partial charge is 0.379 e. The molecule has 16 nitrogen and oxygen atoms in total. The van der Waals surface area contributed by atoms with Gasteiger partial charge >= 0.3 is 0 Å². The summed E-state index contributed by atoms with van der Waals surface area (Å²) in [4.78, 5) is 78.6. The van der Waals surface area contributed by atoms with E-state index in [1.54, 1.807) is 55.1 Å². The highest BCUT2D eigenvalue weighted by atomic mass is 31.2. The van der Waals surface area contributed by atoms with Crippen LogP contribution in [0.1, 0.15) is 72.3 Å². The van der Waals surface area contributed by atoms with Gasteiger partial charge in [0.1, 0.15) is 18.0 Å². The van der Waals surface area contributed by atoms with E-state index >= 15 is 0 Å². The highest BCUT2D eigenvalue weighted by Gasteiger charge is 2.44. The SMILES string of the molecule is CCC(C)C(C(CC(=O)N1CCCC1C(OC)C(C)C(=O)NC(Cc1ccccc1)P(=O)(O)CC(=O)NCCCN)OC)N(C)C(=O)C(N=C(N(C)C)N(C)C)C(C)C. The van der Waals surface area contributed by atoms with E-state index in [1.807, 2.05) is 71.8 Å². The lowest BCUT2D eigenvalue weighted by molar-refractivity contribution is -0.146. The van der Waals surface area contributed by atoms with Crippen molar-refractivity contribution in [2.75, 3.05) is 75.3 Å². The Morgan fingerprint density at radius 2 is 1.64 bits per heavy atom. The molecule has 2 rings (SSSR count). The Hall–Kier alpha value is -3.56. The Bertz CT molecular complexity index is 1550. The first-order chi connectivity index (χ1) is 27.7. The molecule has 1 aliphatic heterocycles. The molecule has 17 heteroatoms. The zero-order chi connectivity index (χ0) is 44.6. The molecule has 59 heavy (non-hydrogen) atoms. The number of nitrogens with one attached hydrogen (secondary N) is 2. The summed E-state index contributed by atoms with van der Waals surface area (Å²) >= 11 is 0. The summed E-state index contributed by atoms with van der Waals surface area (Å²) in [5, 5.41) is 5.42. The first-order valence-corrected chi connectivity index (χ1v) is 22.8. The molecule has 0 bridgehead atoms. The van der Waals surface area contributed by atoms with Gasteiger partial charge in [-0.3, -0.25) is 23.7 Å². The van der Waals surface area contributed by atoms with Crippen LogP contribution in [0, 0.1) is 17.8 Å². The van der Waals surface area contributed by atoms with Crippen LogP contribution in [0.3, 0.4) is 0 Å². The molecule has 0 aliphatic carbocycles. The topological polar surface area (TPSA) is 199 Å². The van der Waals surface area contributed by atoms with Crippen LogP contribution in [-0.2, 0) is 39.6 Å². The molecule has 5 N–H and O–H groups in total. The van der Waals surface area contributed by atoms with E-state index in [-0.39, 0.29) is 43.0 Å². The average molecular weight is 851 g/mol. The molecule has 336 valence electrons. The van der Waals surface area contributed by atoms with Gasteiger partial charge in [0.05, 0.1) is 36.6 Å². The number of carbonyl (C=O) groups is 4. The molecule has 0 aromatic heterocycles. The number of likely N-dealkylation sites (tertiary alicyclic amines) is 1. The average Bonchev–Trinajstić information content (AvgIpc) is 3.67. The number of likely N-dealkylation sites (N-methyl/N-ethyl adjacent to an activating group) is 1. The predicted octanol–water partition coefficient (Wildman–Crippen LogP) is 2.83. The van der Waals surface area contributed by atoms with E-state index in [2.05, 4.69) is 10.6 Å². The monoisotopic (exact) mass is 851 g/mol. The summed E-state index contributed by atoms with van der Waals surface area (Å²) in [5.41, 5.74) is 6.24. The number of hydrogen-bond acceptors (Lipinski definition) is 9. The van der Waals surface area contributed by atoms with Crippen LogP contribution in [0.5, 0.6) is 0 Å². The molecule has 0 saturated carbocycles. The number of guanidine groups is 1. The number of ether oxygens (including phenoxy) is 2. The summed E-state index contributed by atoms with van der Waals surface area (Å²) in [5.74, 6) is -3.03. The molecule has 9 unspecified atom stereocenters.